The molecule has 1 heterocycles. The van der Waals surface area contributed by atoms with Gasteiger partial charge in [-0.1, -0.05) is 23.2 Å². The largest absolute Gasteiger partial charge is 0.387 e. The van der Waals surface area contributed by atoms with E-state index in [0.29, 0.717) is 28.5 Å². The minimum Gasteiger partial charge on any atom is -0.387 e. The lowest BCUT2D eigenvalue weighted by Gasteiger charge is -2.15. The van der Waals surface area contributed by atoms with Gasteiger partial charge in [0, 0.05) is 23.0 Å². The second kappa shape index (κ2) is 6.43. The summed E-state index contributed by atoms with van der Waals surface area (Å²) < 4.78 is 0. The number of halogens is 2. The molecule has 0 aliphatic carbocycles. The van der Waals surface area contributed by atoms with Gasteiger partial charge in [0.25, 0.3) is 0 Å². The van der Waals surface area contributed by atoms with Crippen LogP contribution in [0.3, 0.4) is 0 Å². The van der Waals surface area contributed by atoms with Crippen molar-refractivity contribution >= 4 is 35.0 Å². The molecule has 0 bridgehead atoms. The Hall–Kier alpha value is -1.30. The molecule has 5 nitrogen and oxygen atoms in total. The zero-order valence-corrected chi connectivity index (χ0v) is 12.0. The van der Waals surface area contributed by atoms with Gasteiger partial charge in [0.2, 0.25) is 11.8 Å². The van der Waals surface area contributed by atoms with Crippen LogP contribution in [0.4, 0.5) is 0 Å². The second-order valence-corrected chi connectivity index (χ2v) is 5.50. The van der Waals surface area contributed by atoms with Crippen LogP contribution in [0.5, 0.6) is 0 Å². The van der Waals surface area contributed by atoms with Gasteiger partial charge in [-0.15, -0.1) is 0 Å². The number of hydrogen-bond acceptors (Lipinski definition) is 3. The molecule has 3 N–H and O–H groups in total. The topological polar surface area (TPSA) is 78.4 Å². The third-order valence-electron chi connectivity index (χ3n) is 3.05. The first-order chi connectivity index (χ1) is 9.45. The van der Waals surface area contributed by atoms with Crippen LogP contribution in [0, 0.1) is 0 Å². The van der Waals surface area contributed by atoms with E-state index in [9.17, 15) is 14.7 Å². The number of hydrogen-bond donors (Lipinski definition) is 3. The first kappa shape index (κ1) is 15.1. The summed E-state index contributed by atoms with van der Waals surface area (Å²) in [6.07, 6.45) is -0.0823. The quantitative estimate of drug-likeness (QED) is 0.786. The Balaban J connectivity index is 1.90. The highest BCUT2D eigenvalue weighted by Crippen LogP contribution is 2.23. The summed E-state index contributed by atoms with van der Waals surface area (Å²) in [7, 11) is 0. The van der Waals surface area contributed by atoms with E-state index in [1.54, 1.807) is 18.2 Å². The highest BCUT2D eigenvalue weighted by atomic mass is 35.5. The SMILES string of the molecule is O=C1CC[C@H](C(=O)NC[C@@H](O)c2cc(Cl)cc(Cl)c2)N1. The zero-order valence-electron chi connectivity index (χ0n) is 10.5. The van der Waals surface area contributed by atoms with Crippen molar-refractivity contribution in [1.29, 1.82) is 0 Å². The number of rotatable bonds is 4. The molecule has 1 aliphatic rings. The molecule has 0 radical (unpaired) electrons. The number of carbonyl (C=O) groups is 2. The summed E-state index contributed by atoms with van der Waals surface area (Å²) in [6.45, 7) is 0.0296. The molecule has 0 spiro atoms. The zero-order chi connectivity index (χ0) is 14.7. The summed E-state index contributed by atoms with van der Waals surface area (Å²) >= 11 is 11.7. The lowest BCUT2D eigenvalue weighted by molar-refractivity contribution is -0.126. The number of aliphatic hydroxyl groups excluding tert-OH is 1. The van der Waals surface area contributed by atoms with Crippen LogP contribution in [0.25, 0.3) is 0 Å². The van der Waals surface area contributed by atoms with Gasteiger partial charge in [-0.3, -0.25) is 9.59 Å². The van der Waals surface area contributed by atoms with Gasteiger partial charge in [-0.2, -0.15) is 0 Å². The van der Waals surface area contributed by atoms with E-state index < -0.39 is 12.1 Å². The van der Waals surface area contributed by atoms with Crippen LogP contribution < -0.4 is 10.6 Å². The van der Waals surface area contributed by atoms with Crippen molar-refractivity contribution in [3.05, 3.63) is 33.8 Å². The van der Waals surface area contributed by atoms with E-state index in [1.807, 2.05) is 0 Å². The van der Waals surface area contributed by atoms with E-state index in [-0.39, 0.29) is 18.4 Å². The third-order valence-corrected chi connectivity index (χ3v) is 3.49. The van der Waals surface area contributed by atoms with E-state index in [2.05, 4.69) is 10.6 Å². The second-order valence-electron chi connectivity index (χ2n) is 4.62. The molecule has 1 aromatic carbocycles. The van der Waals surface area contributed by atoms with Crippen molar-refractivity contribution < 1.29 is 14.7 Å². The molecule has 1 saturated heterocycles. The molecule has 1 fully saturated rings. The molecule has 1 aromatic rings. The third kappa shape index (κ3) is 3.85. The van der Waals surface area contributed by atoms with Gasteiger partial charge in [-0.05, 0) is 30.2 Å². The van der Waals surface area contributed by atoms with E-state index >= 15 is 0 Å². The number of nitrogens with one attached hydrogen (secondary N) is 2. The van der Waals surface area contributed by atoms with Gasteiger partial charge in [0.15, 0.2) is 0 Å². The Labute approximate surface area is 126 Å². The van der Waals surface area contributed by atoms with Crippen molar-refractivity contribution in [3.8, 4) is 0 Å². The van der Waals surface area contributed by atoms with Crippen molar-refractivity contribution in [2.45, 2.75) is 25.0 Å². The fourth-order valence-electron chi connectivity index (χ4n) is 2.02. The Bertz CT molecular complexity index is 516. The van der Waals surface area contributed by atoms with E-state index in [0.717, 1.165) is 0 Å². The van der Waals surface area contributed by atoms with Gasteiger partial charge >= 0.3 is 0 Å². The molecule has 2 atom stereocenters. The van der Waals surface area contributed by atoms with E-state index in [4.69, 9.17) is 23.2 Å². The highest BCUT2D eigenvalue weighted by Gasteiger charge is 2.27. The molecule has 2 amide bonds. The van der Waals surface area contributed by atoms with Gasteiger partial charge in [0.1, 0.15) is 6.04 Å². The van der Waals surface area contributed by atoms with Crippen LogP contribution in [0.1, 0.15) is 24.5 Å². The number of carbonyl (C=O) groups excluding carboxylic acids is 2. The number of amides is 2. The van der Waals surface area contributed by atoms with Gasteiger partial charge in [0.05, 0.1) is 6.10 Å². The molecular weight excluding hydrogens is 303 g/mol. The molecule has 0 unspecified atom stereocenters. The minimum atomic E-state index is -0.910. The molecule has 20 heavy (non-hydrogen) atoms. The Morgan fingerprint density at radius 3 is 2.60 bits per heavy atom. The summed E-state index contributed by atoms with van der Waals surface area (Å²) in [4.78, 5) is 22.8. The highest BCUT2D eigenvalue weighted by molar-refractivity contribution is 6.34. The fourth-order valence-corrected chi connectivity index (χ4v) is 2.56. The average Bonchev–Trinajstić information content (AvgIpc) is 2.81. The van der Waals surface area contributed by atoms with Crippen molar-refractivity contribution in [2.75, 3.05) is 6.54 Å². The average molecular weight is 317 g/mol. The lowest BCUT2D eigenvalue weighted by Crippen LogP contribution is -2.42. The molecule has 7 heteroatoms. The first-order valence-corrected chi connectivity index (χ1v) is 6.92. The minimum absolute atomic E-state index is 0.0296. The summed E-state index contributed by atoms with van der Waals surface area (Å²) in [5.41, 5.74) is 0.526. The molecule has 0 aromatic heterocycles. The van der Waals surface area contributed by atoms with Gasteiger partial charge in [-0.25, -0.2) is 0 Å². The smallest absolute Gasteiger partial charge is 0.242 e. The lowest BCUT2D eigenvalue weighted by atomic mass is 10.1. The van der Waals surface area contributed by atoms with E-state index in [1.165, 1.54) is 0 Å². The van der Waals surface area contributed by atoms with Crippen LogP contribution in [-0.4, -0.2) is 29.5 Å². The normalized spacial score (nSPS) is 19.6. The predicted molar refractivity (Wildman–Crippen MR) is 75.6 cm³/mol. The maximum absolute atomic E-state index is 11.8. The fraction of sp³-hybridized carbons (Fsp3) is 0.385. The Kier molecular flexibility index (Phi) is 4.86. The molecule has 108 valence electrons. The van der Waals surface area contributed by atoms with Crippen molar-refractivity contribution in [2.24, 2.45) is 0 Å². The standard InChI is InChI=1S/C13H14Cl2N2O3/c14-8-3-7(4-9(15)5-8)11(18)6-16-13(20)10-1-2-12(19)17-10/h3-5,10-11,18H,1-2,6H2,(H,16,20)(H,17,19)/t10-,11-/m1/s1. The predicted octanol–water partition coefficient (Wildman–Crippen LogP) is 1.42. The van der Waals surface area contributed by atoms with Gasteiger partial charge < -0.3 is 15.7 Å². The number of aliphatic hydroxyl groups is 1. The Morgan fingerprint density at radius 2 is 2.05 bits per heavy atom. The molecular formula is C13H14Cl2N2O3. The first-order valence-electron chi connectivity index (χ1n) is 6.17. The molecule has 0 saturated carbocycles. The molecule has 2 rings (SSSR count). The molecule has 1 aliphatic heterocycles. The monoisotopic (exact) mass is 316 g/mol. The van der Waals surface area contributed by atoms with Crippen LogP contribution in [-0.2, 0) is 9.59 Å². The number of benzene rings is 1. The Morgan fingerprint density at radius 1 is 1.40 bits per heavy atom. The van der Waals surface area contributed by atoms with Crippen molar-refractivity contribution in [3.63, 3.8) is 0 Å². The maximum atomic E-state index is 11.8. The maximum Gasteiger partial charge on any atom is 0.242 e. The van der Waals surface area contributed by atoms with Crippen LogP contribution >= 0.6 is 23.2 Å². The van der Waals surface area contributed by atoms with Crippen LogP contribution in [0.15, 0.2) is 18.2 Å². The summed E-state index contributed by atoms with van der Waals surface area (Å²) in [6, 6.07) is 4.22. The van der Waals surface area contributed by atoms with Crippen LogP contribution in [0.2, 0.25) is 10.0 Å². The summed E-state index contributed by atoms with van der Waals surface area (Å²) in [5, 5.41) is 16.0. The van der Waals surface area contributed by atoms with Crippen molar-refractivity contribution in [1.82, 2.24) is 10.6 Å². The summed E-state index contributed by atoms with van der Waals surface area (Å²) in [5.74, 6) is -0.435.